The second-order valence-electron chi connectivity index (χ2n) is 3.21. The number of aliphatic hydroxyl groups excluding tert-OH is 1. The van der Waals surface area contributed by atoms with Gasteiger partial charge in [-0.15, -0.1) is 0 Å². The molecule has 0 saturated heterocycles. The fourth-order valence-electron chi connectivity index (χ4n) is 1.15. The van der Waals surface area contributed by atoms with Gasteiger partial charge in [0.15, 0.2) is 0 Å². The minimum absolute atomic E-state index is 0.0290. The predicted octanol–water partition coefficient (Wildman–Crippen LogP) is 1.62. The number of rotatable bonds is 6. The summed E-state index contributed by atoms with van der Waals surface area (Å²) in [6, 6.07) is 1.39. The molecule has 1 aromatic heterocycles. The van der Waals surface area contributed by atoms with Crippen molar-refractivity contribution in [1.29, 1.82) is 0 Å². The lowest BCUT2D eigenvalue weighted by molar-refractivity contribution is 0.0697. The van der Waals surface area contributed by atoms with Crippen LogP contribution in [0.3, 0.4) is 0 Å². The zero-order chi connectivity index (χ0) is 12.0. The summed E-state index contributed by atoms with van der Waals surface area (Å²) in [5.74, 6) is -0.606. The number of aromatic carboxylic acids is 1. The van der Waals surface area contributed by atoms with Crippen LogP contribution in [0.4, 0.5) is 5.82 Å². The van der Waals surface area contributed by atoms with E-state index < -0.39 is 5.97 Å². The number of aliphatic hydroxyl groups is 1. The van der Waals surface area contributed by atoms with Crippen LogP contribution in [0, 0.1) is 0 Å². The van der Waals surface area contributed by atoms with E-state index in [4.69, 9.17) is 21.8 Å². The number of pyridine rings is 1. The van der Waals surface area contributed by atoms with E-state index in [-0.39, 0.29) is 17.2 Å². The highest BCUT2D eigenvalue weighted by Crippen LogP contribution is 2.17. The van der Waals surface area contributed by atoms with Crippen molar-refractivity contribution in [3.8, 4) is 0 Å². The average Bonchev–Trinajstić information content (AvgIpc) is 2.26. The number of halogens is 1. The molecule has 0 saturated carbocycles. The van der Waals surface area contributed by atoms with Crippen LogP contribution in [0.5, 0.6) is 0 Å². The van der Waals surface area contributed by atoms with Crippen LogP contribution >= 0.6 is 11.6 Å². The number of unbranched alkanes of at least 4 members (excludes halogenated alkanes) is 1. The maximum atomic E-state index is 10.8. The van der Waals surface area contributed by atoms with Gasteiger partial charge in [-0.2, -0.15) is 0 Å². The van der Waals surface area contributed by atoms with Gasteiger partial charge in [-0.3, -0.25) is 0 Å². The molecule has 0 spiro atoms. The summed E-state index contributed by atoms with van der Waals surface area (Å²) < 4.78 is 0. The maximum absolute atomic E-state index is 10.8. The van der Waals surface area contributed by atoms with Crippen LogP contribution in [0.2, 0.25) is 5.02 Å². The molecule has 1 aromatic rings. The highest BCUT2D eigenvalue weighted by atomic mass is 35.5. The van der Waals surface area contributed by atoms with Gasteiger partial charge in [0, 0.05) is 19.3 Å². The van der Waals surface area contributed by atoms with E-state index in [1.165, 1.54) is 12.3 Å². The van der Waals surface area contributed by atoms with E-state index in [0.29, 0.717) is 18.8 Å². The highest BCUT2D eigenvalue weighted by molar-refractivity contribution is 6.33. The summed E-state index contributed by atoms with van der Waals surface area (Å²) in [6.45, 7) is 0.782. The SMILES string of the molecule is O=C(O)c1cc(NCCCCO)ncc1Cl. The summed E-state index contributed by atoms with van der Waals surface area (Å²) in [5, 5.41) is 20.5. The predicted molar refractivity (Wildman–Crippen MR) is 61.0 cm³/mol. The van der Waals surface area contributed by atoms with Gasteiger partial charge in [0.1, 0.15) is 5.82 Å². The van der Waals surface area contributed by atoms with E-state index in [0.717, 1.165) is 6.42 Å². The number of aromatic nitrogens is 1. The second-order valence-corrected chi connectivity index (χ2v) is 3.62. The van der Waals surface area contributed by atoms with Crippen LogP contribution in [-0.4, -0.2) is 34.3 Å². The molecule has 3 N–H and O–H groups in total. The second kappa shape index (κ2) is 6.30. The molecule has 1 heterocycles. The Morgan fingerprint density at radius 2 is 2.25 bits per heavy atom. The first-order valence-corrected chi connectivity index (χ1v) is 5.26. The van der Waals surface area contributed by atoms with Gasteiger partial charge < -0.3 is 15.5 Å². The largest absolute Gasteiger partial charge is 0.478 e. The summed E-state index contributed by atoms with van der Waals surface area (Å²) in [5.41, 5.74) is 0.0290. The Morgan fingerprint density at radius 1 is 1.50 bits per heavy atom. The lowest BCUT2D eigenvalue weighted by atomic mass is 10.2. The van der Waals surface area contributed by atoms with Gasteiger partial charge in [0.2, 0.25) is 0 Å². The number of carboxylic acid groups (broad SMARTS) is 1. The molecule has 0 atom stereocenters. The molecule has 0 amide bonds. The van der Waals surface area contributed by atoms with E-state index in [1.807, 2.05) is 0 Å². The first kappa shape index (κ1) is 12.7. The van der Waals surface area contributed by atoms with Gasteiger partial charge in [-0.05, 0) is 18.9 Å². The Morgan fingerprint density at radius 3 is 2.88 bits per heavy atom. The first-order chi connectivity index (χ1) is 7.65. The van der Waals surface area contributed by atoms with Gasteiger partial charge in [-0.1, -0.05) is 11.6 Å². The molecule has 5 nitrogen and oxygen atoms in total. The molecule has 0 aromatic carbocycles. The van der Waals surface area contributed by atoms with Crippen LogP contribution in [0.15, 0.2) is 12.3 Å². The number of carbonyl (C=O) groups is 1. The van der Waals surface area contributed by atoms with Crippen molar-refractivity contribution in [2.24, 2.45) is 0 Å². The molecule has 88 valence electrons. The minimum atomic E-state index is -1.08. The molecule has 0 aliphatic rings. The topological polar surface area (TPSA) is 82.5 Å². The van der Waals surface area contributed by atoms with Crippen molar-refractivity contribution < 1.29 is 15.0 Å². The van der Waals surface area contributed by atoms with Crippen molar-refractivity contribution in [2.75, 3.05) is 18.5 Å². The Hall–Kier alpha value is -1.33. The van der Waals surface area contributed by atoms with Crippen molar-refractivity contribution in [3.05, 3.63) is 22.8 Å². The normalized spacial score (nSPS) is 10.1. The summed E-state index contributed by atoms with van der Waals surface area (Å²) in [4.78, 5) is 14.7. The lowest BCUT2D eigenvalue weighted by Crippen LogP contribution is -2.06. The Kier molecular flexibility index (Phi) is 5.01. The Bertz CT molecular complexity index is 371. The molecule has 6 heteroatoms. The van der Waals surface area contributed by atoms with Crippen LogP contribution in [0.25, 0.3) is 0 Å². The molecule has 0 unspecified atom stereocenters. The van der Waals surface area contributed by atoms with Crippen molar-refractivity contribution >= 4 is 23.4 Å². The lowest BCUT2D eigenvalue weighted by Gasteiger charge is -2.06. The fourth-order valence-corrected chi connectivity index (χ4v) is 1.34. The Labute approximate surface area is 98.1 Å². The van der Waals surface area contributed by atoms with E-state index in [2.05, 4.69) is 10.3 Å². The van der Waals surface area contributed by atoms with Gasteiger partial charge in [0.05, 0.1) is 10.6 Å². The summed E-state index contributed by atoms with van der Waals surface area (Å²) in [7, 11) is 0. The maximum Gasteiger partial charge on any atom is 0.337 e. The van der Waals surface area contributed by atoms with Gasteiger partial charge in [0.25, 0.3) is 0 Å². The molecular formula is C10H13ClN2O3. The Balaban J connectivity index is 2.61. The van der Waals surface area contributed by atoms with Gasteiger partial charge >= 0.3 is 5.97 Å². The summed E-state index contributed by atoms with van der Waals surface area (Å²) >= 11 is 5.67. The number of hydrogen-bond donors (Lipinski definition) is 3. The first-order valence-electron chi connectivity index (χ1n) is 4.88. The van der Waals surface area contributed by atoms with Crippen molar-refractivity contribution in [3.63, 3.8) is 0 Å². The number of nitrogens with one attached hydrogen (secondary N) is 1. The van der Waals surface area contributed by atoms with Gasteiger partial charge in [-0.25, -0.2) is 9.78 Å². The molecule has 16 heavy (non-hydrogen) atoms. The number of anilines is 1. The summed E-state index contributed by atoms with van der Waals surface area (Å²) in [6.07, 6.45) is 2.80. The zero-order valence-corrected chi connectivity index (χ0v) is 9.37. The number of hydrogen-bond acceptors (Lipinski definition) is 4. The third-order valence-corrected chi connectivity index (χ3v) is 2.28. The average molecular weight is 245 g/mol. The smallest absolute Gasteiger partial charge is 0.337 e. The van der Waals surface area contributed by atoms with Crippen molar-refractivity contribution in [2.45, 2.75) is 12.8 Å². The van der Waals surface area contributed by atoms with Crippen molar-refractivity contribution in [1.82, 2.24) is 4.98 Å². The molecule has 0 aliphatic heterocycles. The van der Waals surface area contributed by atoms with E-state index in [9.17, 15) is 4.79 Å². The number of carboxylic acids is 1. The molecule has 0 bridgehead atoms. The zero-order valence-electron chi connectivity index (χ0n) is 8.61. The minimum Gasteiger partial charge on any atom is -0.478 e. The van der Waals surface area contributed by atoms with Crippen LogP contribution < -0.4 is 5.32 Å². The molecule has 0 aliphatic carbocycles. The van der Waals surface area contributed by atoms with Crippen LogP contribution in [-0.2, 0) is 0 Å². The number of nitrogens with zero attached hydrogens (tertiary/aromatic N) is 1. The van der Waals surface area contributed by atoms with E-state index in [1.54, 1.807) is 0 Å². The molecule has 0 fully saturated rings. The van der Waals surface area contributed by atoms with E-state index >= 15 is 0 Å². The highest BCUT2D eigenvalue weighted by Gasteiger charge is 2.09. The quantitative estimate of drug-likeness (QED) is 0.663. The molecular weight excluding hydrogens is 232 g/mol. The molecule has 1 rings (SSSR count). The van der Waals surface area contributed by atoms with Crippen LogP contribution in [0.1, 0.15) is 23.2 Å². The molecule has 0 radical (unpaired) electrons. The third kappa shape index (κ3) is 3.67. The fraction of sp³-hybridized carbons (Fsp3) is 0.400. The third-order valence-electron chi connectivity index (χ3n) is 1.98. The standard InChI is InChI=1S/C10H13ClN2O3/c11-8-6-13-9(5-7(8)10(15)16)12-3-1-2-4-14/h5-6,14H,1-4H2,(H,12,13)(H,15,16). The monoisotopic (exact) mass is 244 g/mol.